The molecule has 0 saturated carbocycles. The van der Waals surface area contributed by atoms with Gasteiger partial charge in [0.25, 0.3) is 0 Å². The third kappa shape index (κ3) is 5.61. The molecule has 0 radical (unpaired) electrons. The maximum absolute atomic E-state index is 5.95. The molecule has 4 heteroatoms. The molecule has 19 heavy (non-hydrogen) atoms. The van der Waals surface area contributed by atoms with Crippen LogP contribution in [0.25, 0.3) is 0 Å². The lowest BCUT2D eigenvalue weighted by molar-refractivity contribution is 0.0277. The highest BCUT2D eigenvalue weighted by Gasteiger charge is 2.13. The van der Waals surface area contributed by atoms with Crippen LogP contribution in [0.1, 0.15) is 31.1 Å². The molecule has 1 fully saturated rings. The predicted molar refractivity (Wildman–Crippen MR) is 81.7 cm³/mol. The average molecular weight is 282 g/mol. The molecule has 2 heterocycles. The highest BCUT2D eigenvalue weighted by atomic mass is 32.1. The molecular formula is C15H26N2OS. The van der Waals surface area contributed by atoms with Crippen LogP contribution in [-0.2, 0) is 11.3 Å². The van der Waals surface area contributed by atoms with E-state index in [0.29, 0.717) is 6.10 Å². The van der Waals surface area contributed by atoms with Crippen molar-refractivity contribution in [2.24, 2.45) is 0 Å². The van der Waals surface area contributed by atoms with Gasteiger partial charge in [0.05, 0.1) is 6.10 Å². The standard InChI is InChI=1S/C15H26N2OS/c1-2-17(13-15-5-3-12-19-15)10-4-11-18-14-6-8-16-9-7-14/h3,5,12,14,16H,2,4,6-11,13H2,1H3. The van der Waals surface area contributed by atoms with Crippen LogP contribution in [0.5, 0.6) is 0 Å². The minimum Gasteiger partial charge on any atom is -0.378 e. The lowest BCUT2D eigenvalue weighted by atomic mass is 10.1. The number of rotatable bonds is 8. The number of nitrogens with zero attached hydrogens (tertiary/aromatic N) is 1. The third-order valence-corrected chi connectivity index (χ3v) is 4.53. The average Bonchev–Trinajstić information content (AvgIpc) is 2.96. The topological polar surface area (TPSA) is 24.5 Å². The van der Waals surface area contributed by atoms with E-state index in [-0.39, 0.29) is 0 Å². The van der Waals surface area contributed by atoms with E-state index in [4.69, 9.17) is 4.74 Å². The van der Waals surface area contributed by atoms with Crippen molar-refractivity contribution in [2.75, 3.05) is 32.8 Å². The highest BCUT2D eigenvalue weighted by Crippen LogP contribution is 2.12. The molecule has 0 aliphatic carbocycles. The third-order valence-electron chi connectivity index (χ3n) is 3.67. The fraction of sp³-hybridized carbons (Fsp3) is 0.733. The van der Waals surface area contributed by atoms with Crippen LogP contribution in [-0.4, -0.2) is 43.8 Å². The Balaban J connectivity index is 1.57. The highest BCUT2D eigenvalue weighted by molar-refractivity contribution is 7.09. The molecule has 0 aromatic carbocycles. The zero-order valence-corrected chi connectivity index (χ0v) is 12.8. The van der Waals surface area contributed by atoms with E-state index in [1.165, 1.54) is 17.7 Å². The van der Waals surface area contributed by atoms with Gasteiger partial charge in [0.2, 0.25) is 0 Å². The van der Waals surface area contributed by atoms with Crippen molar-refractivity contribution in [2.45, 2.75) is 38.8 Å². The van der Waals surface area contributed by atoms with Gasteiger partial charge in [-0.1, -0.05) is 13.0 Å². The van der Waals surface area contributed by atoms with E-state index >= 15 is 0 Å². The molecule has 1 aliphatic rings. The normalized spacial score (nSPS) is 17.2. The molecule has 0 atom stereocenters. The Bertz CT molecular complexity index is 323. The summed E-state index contributed by atoms with van der Waals surface area (Å²) in [6.07, 6.45) is 3.98. The lowest BCUT2D eigenvalue weighted by Crippen LogP contribution is -2.33. The first-order valence-corrected chi connectivity index (χ1v) is 8.33. The number of thiophene rings is 1. The first-order chi connectivity index (χ1) is 9.38. The van der Waals surface area contributed by atoms with Crippen molar-refractivity contribution in [1.29, 1.82) is 0 Å². The summed E-state index contributed by atoms with van der Waals surface area (Å²) in [7, 11) is 0. The Kier molecular flexibility index (Phi) is 6.85. The molecule has 0 bridgehead atoms. The van der Waals surface area contributed by atoms with Gasteiger partial charge in [-0.15, -0.1) is 11.3 Å². The lowest BCUT2D eigenvalue weighted by Gasteiger charge is -2.24. The molecule has 0 amide bonds. The van der Waals surface area contributed by atoms with Gasteiger partial charge in [0.15, 0.2) is 0 Å². The zero-order chi connectivity index (χ0) is 13.3. The maximum Gasteiger partial charge on any atom is 0.0599 e. The van der Waals surface area contributed by atoms with Crippen LogP contribution >= 0.6 is 11.3 Å². The molecule has 1 N–H and O–H groups in total. The van der Waals surface area contributed by atoms with Crippen molar-refractivity contribution >= 4 is 11.3 Å². The minimum atomic E-state index is 0.494. The van der Waals surface area contributed by atoms with Crippen molar-refractivity contribution in [3.8, 4) is 0 Å². The number of nitrogens with one attached hydrogen (secondary N) is 1. The van der Waals surface area contributed by atoms with Crippen LogP contribution in [0.2, 0.25) is 0 Å². The van der Waals surface area contributed by atoms with Gasteiger partial charge in [0.1, 0.15) is 0 Å². The second-order valence-corrected chi connectivity index (χ2v) is 6.15. The predicted octanol–water partition coefficient (Wildman–Crippen LogP) is 2.73. The Labute approximate surface area is 121 Å². The van der Waals surface area contributed by atoms with Gasteiger partial charge >= 0.3 is 0 Å². The molecule has 108 valence electrons. The molecule has 1 aliphatic heterocycles. The van der Waals surface area contributed by atoms with Crippen LogP contribution < -0.4 is 5.32 Å². The van der Waals surface area contributed by atoms with Crippen molar-refractivity contribution in [1.82, 2.24) is 10.2 Å². The Morgan fingerprint density at radius 1 is 1.42 bits per heavy atom. The first-order valence-electron chi connectivity index (χ1n) is 7.45. The van der Waals surface area contributed by atoms with E-state index in [1.54, 1.807) is 0 Å². The number of piperidine rings is 1. The molecule has 0 spiro atoms. The summed E-state index contributed by atoms with van der Waals surface area (Å²) in [5, 5.41) is 5.53. The summed E-state index contributed by atoms with van der Waals surface area (Å²) in [6.45, 7) is 8.72. The molecule has 1 saturated heterocycles. The second-order valence-electron chi connectivity index (χ2n) is 5.12. The fourth-order valence-corrected chi connectivity index (χ4v) is 3.22. The van der Waals surface area contributed by atoms with E-state index in [1.807, 2.05) is 11.3 Å². The van der Waals surface area contributed by atoms with Crippen molar-refractivity contribution < 1.29 is 4.74 Å². The number of ether oxygens (including phenoxy) is 1. The summed E-state index contributed by atoms with van der Waals surface area (Å²) in [5.74, 6) is 0. The fourth-order valence-electron chi connectivity index (χ4n) is 2.47. The van der Waals surface area contributed by atoms with Gasteiger partial charge < -0.3 is 10.1 Å². The summed E-state index contributed by atoms with van der Waals surface area (Å²) in [4.78, 5) is 3.96. The van der Waals surface area contributed by atoms with Crippen molar-refractivity contribution in [3.63, 3.8) is 0 Å². The Morgan fingerprint density at radius 2 is 2.26 bits per heavy atom. The largest absolute Gasteiger partial charge is 0.378 e. The van der Waals surface area contributed by atoms with E-state index < -0.39 is 0 Å². The number of hydrogen-bond donors (Lipinski definition) is 1. The molecule has 1 aromatic heterocycles. The number of hydrogen-bond acceptors (Lipinski definition) is 4. The molecule has 3 nitrogen and oxygen atoms in total. The second kappa shape index (κ2) is 8.69. The SMILES string of the molecule is CCN(CCCOC1CCNCC1)Cc1cccs1. The summed E-state index contributed by atoms with van der Waals surface area (Å²) in [6, 6.07) is 4.35. The summed E-state index contributed by atoms with van der Waals surface area (Å²) >= 11 is 1.85. The minimum absolute atomic E-state index is 0.494. The summed E-state index contributed by atoms with van der Waals surface area (Å²) in [5.41, 5.74) is 0. The maximum atomic E-state index is 5.95. The van der Waals surface area contributed by atoms with E-state index in [9.17, 15) is 0 Å². The van der Waals surface area contributed by atoms with Gasteiger partial charge in [-0.25, -0.2) is 0 Å². The smallest absolute Gasteiger partial charge is 0.0599 e. The van der Waals surface area contributed by atoms with Gasteiger partial charge in [-0.2, -0.15) is 0 Å². The molecule has 1 aromatic rings. The van der Waals surface area contributed by atoms with Crippen LogP contribution in [0, 0.1) is 0 Å². The van der Waals surface area contributed by atoms with E-state index in [2.05, 4.69) is 34.7 Å². The molecule has 0 unspecified atom stereocenters. The zero-order valence-electron chi connectivity index (χ0n) is 11.9. The van der Waals surface area contributed by atoms with Gasteiger partial charge in [0, 0.05) is 24.6 Å². The molecular weight excluding hydrogens is 256 g/mol. The Hall–Kier alpha value is -0.420. The van der Waals surface area contributed by atoms with Gasteiger partial charge in [-0.05, 0) is 50.3 Å². The van der Waals surface area contributed by atoms with Crippen LogP contribution in [0.4, 0.5) is 0 Å². The van der Waals surface area contributed by atoms with Gasteiger partial charge in [-0.3, -0.25) is 4.90 Å². The molecule has 2 rings (SSSR count). The van der Waals surface area contributed by atoms with E-state index in [0.717, 1.165) is 45.8 Å². The summed E-state index contributed by atoms with van der Waals surface area (Å²) < 4.78 is 5.95. The Morgan fingerprint density at radius 3 is 2.95 bits per heavy atom. The quantitative estimate of drug-likeness (QED) is 0.742. The van der Waals surface area contributed by atoms with Crippen LogP contribution in [0.15, 0.2) is 17.5 Å². The van der Waals surface area contributed by atoms with Crippen molar-refractivity contribution in [3.05, 3.63) is 22.4 Å². The monoisotopic (exact) mass is 282 g/mol. The first kappa shape index (κ1) is 15.0. The van der Waals surface area contributed by atoms with Crippen LogP contribution in [0.3, 0.4) is 0 Å².